The van der Waals surface area contributed by atoms with Crippen LogP contribution in [-0.2, 0) is 4.79 Å². The fourth-order valence-electron chi connectivity index (χ4n) is 2.59. The molecule has 0 amide bonds. The molecule has 0 aromatic carbocycles. The second-order valence-electron chi connectivity index (χ2n) is 5.45. The van der Waals surface area contributed by atoms with Crippen LogP contribution in [0.25, 0.3) is 0 Å². The maximum Gasteiger partial charge on any atom is 0.320 e. The minimum Gasteiger partial charge on any atom is -0.480 e. The van der Waals surface area contributed by atoms with Crippen LogP contribution in [0, 0.1) is 0 Å². The number of carboxylic acids is 1. The fraction of sp³-hybridized carbons (Fsp3) is 0.600. The zero-order valence-electron chi connectivity index (χ0n) is 12.0. The molecule has 3 unspecified atom stereocenters. The standard InChI is InChI=1S/C10H14N2.C5H9NO3/c1-3-7-11-9(5-1)10-6-2-4-8-12-10;7-3-1-4(5(8)9)6-2-3/h1,3,5,7,10,12H,2,4,6,8H2;3-4,6-7H,1-2H2,(H,8,9). The smallest absolute Gasteiger partial charge is 0.320 e. The Morgan fingerprint density at radius 1 is 1.29 bits per heavy atom. The number of piperidine rings is 1. The molecule has 4 N–H and O–H groups in total. The van der Waals surface area contributed by atoms with Gasteiger partial charge in [0.25, 0.3) is 0 Å². The predicted octanol–water partition coefficient (Wildman–Crippen LogP) is 0.690. The number of aliphatic hydroxyl groups is 1. The molecule has 3 heterocycles. The molecule has 0 saturated carbocycles. The molecule has 3 atom stereocenters. The first kappa shape index (κ1) is 15.9. The van der Waals surface area contributed by atoms with E-state index in [1.807, 2.05) is 12.3 Å². The summed E-state index contributed by atoms with van der Waals surface area (Å²) < 4.78 is 0. The molecule has 116 valence electrons. The summed E-state index contributed by atoms with van der Waals surface area (Å²) in [4.78, 5) is 14.5. The molecule has 2 fully saturated rings. The summed E-state index contributed by atoms with van der Waals surface area (Å²) in [5, 5.41) is 23.3. The molecule has 1 aromatic rings. The van der Waals surface area contributed by atoms with Crippen LogP contribution < -0.4 is 10.6 Å². The van der Waals surface area contributed by atoms with Gasteiger partial charge in [-0.2, -0.15) is 0 Å². The molecule has 0 aliphatic carbocycles. The first-order valence-corrected chi connectivity index (χ1v) is 7.45. The van der Waals surface area contributed by atoms with Gasteiger partial charge >= 0.3 is 5.97 Å². The number of carbonyl (C=O) groups is 1. The van der Waals surface area contributed by atoms with Gasteiger partial charge in [-0.1, -0.05) is 12.5 Å². The third-order valence-electron chi connectivity index (χ3n) is 3.76. The number of hydrogen-bond donors (Lipinski definition) is 4. The molecular formula is C15H23N3O3. The summed E-state index contributed by atoms with van der Waals surface area (Å²) in [6, 6.07) is 6.08. The second-order valence-corrected chi connectivity index (χ2v) is 5.45. The van der Waals surface area contributed by atoms with Crippen LogP contribution in [0.3, 0.4) is 0 Å². The molecule has 0 radical (unpaired) electrons. The summed E-state index contributed by atoms with van der Waals surface area (Å²) >= 11 is 0. The Bertz CT molecular complexity index is 435. The lowest BCUT2D eigenvalue weighted by atomic mass is 10.0. The van der Waals surface area contributed by atoms with E-state index >= 15 is 0 Å². The summed E-state index contributed by atoms with van der Waals surface area (Å²) in [5.74, 6) is -0.883. The lowest BCUT2D eigenvalue weighted by molar-refractivity contribution is -0.139. The van der Waals surface area contributed by atoms with E-state index in [1.165, 1.54) is 25.0 Å². The molecule has 0 spiro atoms. The van der Waals surface area contributed by atoms with Crippen molar-refractivity contribution in [2.45, 2.75) is 43.9 Å². The first-order chi connectivity index (χ1) is 10.2. The average Bonchev–Trinajstić information content (AvgIpc) is 2.97. The quantitative estimate of drug-likeness (QED) is 0.641. The zero-order chi connectivity index (χ0) is 15.1. The third kappa shape index (κ3) is 5.08. The number of aromatic nitrogens is 1. The second kappa shape index (κ2) is 8.07. The Kier molecular flexibility index (Phi) is 6.10. The van der Waals surface area contributed by atoms with Crippen molar-refractivity contribution < 1.29 is 15.0 Å². The Morgan fingerprint density at radius 3 is 2.62 bits per heavy atom. The van der Waals surface area contributed by atoms with Gasteiger partial charge in [0.2, 0.25) is 0 Å². The van der Waals surface area contributed by atoms with E-state index in [2.05, 4.69) is 27.8 Å². The van der Waals surface area contributed by atoms with E-state index in [-0.39, 0.29) is 0 Å². The number of rotatable bonds is 2. The molecule has 1 aromatic heterocycles. The number of aliphatic hydroxyl groups excluding tert-OH is 1. The monoisotopic (exact) mass is 293 g/mol. The Labute approximate surface area is 124 Å². The number of nitrogens with zero attached hydrogens (tertiary/aromatic N) is 1. The molecule has 6 heteroatoms. The molecule has 21 heavy (non-hydrogen) atoms. The Balaban J connectivity index is 0.000000161. The Hall–Kier alpha value is -1.50. The first-order valence-electron chi connectivity index (χ1n) is 7.45. The van der Waals surface area contributed by atoms with E-state index in [4.69, 9.17) is 10.2 Å². The maximum absolute atomic E-state index is 10.2. The van der Waals surface area contributed by atoms with Gasteiger partial charge in [0, 0.05) is 25.2 Å². The van der Waals surface area contributed by atoms with Gasteiger partial charge in [-0.25, -0.2) is 0 Å². The molecule has 2 saturated heterocycles. The van der Waals surface area contributed by atoms with Crippen LogP contribution in [0.15, 0.2) is 24.4 Å². The van der Waals surface area contributed by atoms with Gasteiger partial charge in [0.1, 0.15) is 6.04 Å². The van der Waals surface area contributed by atoms with Crippen molar-refractivity contribution in [1.82, 2.24) is 15.6 Å². The fourth-order valence-corrected chi connectivity index (χ4v) is 2.59. The van der Waals surface area contributed by atoms with Gasteiger partial charge in [0.15, 0.2) is 0 Å². The Morgan fingerprint density at radius 2 is 2.14 bits per heavy atom. The number of hydrogen-bond acceptors (Lipinski definition) is 5. The van der Waals surface area contributed by atoms with Gasteiger partial charge in [-0.3, -0.25) is 9.78 Å². The summed E-state index contributed by atoms with van der Waals surface area (Å²) in [7, 11) is 0. The number of aliphatic carboxylic acids is 1. The number of β-amino-alcohol motifs (C(OH)–C–C–N with tert-alkyl or cyclic N) is 1. The molecule has 2 aliphatic rings. The normalized spacial score (nSPS) is 28.5. The summed E-state index contributed by atoms with van der Waals surface area (Å²) in [5.41, 5.74) is 1.19. The van der Waals surface area contributed by atoms with Crippen molar-refractivity contribution in [3.63, 3.8) is 0 Å². The van der Waals surface area contributed by atoms with E-state index in [9.17, 15) is 4.79 Å². The molecule has 2 aliphatic heterocycles. The van der Waals surface area contributed by atoms with Crippen molar-refractivity contribution in [2.75, 3.05) is 13.1 Å². The van der Waals surface area contributed by atoms with Crippen molar-refractivity contribution >= 4 is 5.97 Å². The van der Waals surface area contributed by atoms with Crippen LogP contribution in [-0.4, -0.2) is 46.4 Å². The van der Waals surface area contributed by atoms with Crippen LogP contribution in [0.1, 0.15) is 37.4 Å². The maximum atomic E-state index is 10.2. The summed E-state index contributed by atoms with van der Waals surface area (Å²) in [6.45, 7) is 1.54. The largest absolute Gasteiger partial charge is 0.480 e. The molecule has 0 bridgehead atoms. The molecule has 3 rings (SSSR count). The van der Waals surface area contributed by atoms with Crippen molar-refractivity contribution in [2.24, 2.45) is 0 Å². The van der Waals surface area contributed by atoms with Gasteiger partial charge < -0.3 is 20.8 Å². The number of pyridine rings is 1. The topological polar surface area (TPSA) is 94.5 Å². The van der Waals surface area contributed by atoms with Crippen molar-refractivity contribution in [3.8, 4) is 0 Å². The highest BCUT2D eigenvalue weighted by Gasteiger charge is 2.27. The van der Waals surface area contributed by atoms with E-state index in [0.29, 0.717) is 19.0 Å². The van der Waals surface area contributed by atoms with E-state index in [0.717, 1.165) is 6.54 Å². The van der Waals surface area contributed by atoms with Gasteiger partial charge in [-0.05, 0) is 31.5 Å². The van der Waals surface area contributed by atoms with E-state index in [1.54, 1.807) is 0 Å². The minimum atomic E-state index is -0.883. The zero-order valence-corrected chi connectivity index (χ0v) is 12.0. The van der Waals surface area contributed by atoms with Gasteiger partial charge in [-0.15, -0.1) is 0 Å². The van der Waals surface area contributed by atoms with Crippen LogP contribution >= 0.6 is 0 Å². The highest BCUT2D eigenvalue weighted by Crippen LogP contribution is 2.20. The van der Waals surface area contributed by atoms with Crippen molar-refractivity contribution in [3.05, 3.63) is 30.1 Å². The molecule has 6 nitrogen and oxygen atoms in total. The predicted molar refractivity (Wildman–Crippen MR) is 78.9 cm³/mol. The molecular weight excluding hydrogens is 270 g/mol. The minimum absolute atomic E-state index is 0.329. The van der Waals surface area contributed by atoms with Crippen LogP contribution in [0.5, 0.6) is 0 Å². The van der Waals surface area contributed by atoms with E-state index < -0.39 is 18.1 Å². The SMILES string of the molecule is O=C(O)C1CC(O)CN1.c1ccc(C2CCCCN2)nc1. The van der Waals surface area contributed by atoms with Crippen molar-refractivity contribution in [1.29, 1.82) is 0 Å². The third-order valence-corrected chi connectivity index (χ3v) is 3.76. The summed E-state index contributed by atoms with van der Waals surface area (Å²) in [6.07, 6.45) is 5.58. The lowest BCUT2D eigenvalue weighted by Crippen LogP contribution is -2.29. The van der Waals surface area contributed by atoms with Crippen LogP contribution in [0.2, 0.25) is 0 Å². The number of carboxylic acid groups (broad SMARTS) is 1. The van der Waals surface area contributed by atoms with Crippen LogP contribution in [0.4, 0.5) is 0 Å². The number of nitrogens with one attached hydrogen (secondary N) is 2. The highest BCUT2D eigenvalue weighted by molar-refractivity contribution is 5.73. The average molecular weight is 293 g/mol. The lowest BCUT2D eigenvalue weighted by Gasteiger charge is -2.22. The highest BCUT2D eigenvalue weighted by atomic mass is 16.4. The van der Waals surface area contributed by atoms with Gasteiger partial charge in [0.05, 0.1) is 11.8 Å².